The molecule has 2 aromatic heterocycles. The number of halogens is 3. The van der Waals surface area contributed by atoms with Crippen LogP contribution in [0.3, 0.4) is 0 Å². The number of hydrogen-bond donors (Lipinski definition) is 0. The van der Waals surface area contributed by atoms with Crippen molar-refractivity contribution in [2.24, 2.45) is 0 Å². The highest BCUT2D eigenvalue weighted by molar-refractivity contribution is 6.12. The summed E-state index contributed by atoms with van der Waals surface area (Å²) in [6.07, 6.45) is -4.73. The fraction of sp³-hybridized carbons (Fsp3) is 0.154. The van der Waals surface area contributed by atoms with Crippen molar-refractivity contribution in [3.05, 3.63) is 171 Å². The predicted octanol–water partition coefficient (Wildman–Crippen LogP) is 14.8. The van der Waals surface area contributed by atoms with Crippen molar-refractivity contribution in [3.63, 3.8) is 0 Å². The Morgan fingerprint density at radius 3 is 1.44 bits per heavy atom. The van der Waals surface area contributed by atoms with E-state index in [1.165, 1.54) is 6.92 Å². The van der Waals surface area contributed by atoms with Gasteiger partial charge in [-0.15, -0.1) is 0 Å². The molecule has 0 saturated carbocycles. The predicted molar refractivity (Wildman–Crippen MR) is 235 cm³/mol. The van der Waals surface area contributed by atoms with Crippen molar-refractivity contribution in [1.29, 1.82) is 5.26 Å². The highest BCUT2D eigenvalue weighted by Crippen LogP contribution is 2.48. The number of nitriles is 1. The van der Waals surface area contributed by atoms with E-state index in [-0.39, 0.29) is 16.7 Å². The SMILES string of the molecule is [C-]#[N+]c1ccc(-c2cc(-c3c(C)c(C)c(C#N)c(C)c3C(F)(F)F)ccc2-n2c3cc(C)ccc3c3ccc(C)cc32)c(-n2c3cc(C)ccc3c3ccc(C)cc32)c1. The van der Waals surface area contributed by atoms with Gasteiger partial charge in [0.1, 0.15) is 0 Å². The molecule has 0 aliphatic heterocycles. The van der Waals surface area contributed by atoms with Gasteiger partial charge in [0.2, 0.25) is 0 Å². The molecule has 0 spiro atoms. The molecule has 0 N–H and O–H groups in total. The Balaban J connectivity index is 1.48. The number of fused-ring (bicyclic) bond motifs is 6. The molecule has 0 radical (unpaired) electrons. The fourth-order valence-corrected chi connectivity index (χ4v) is 9.14. The molecule has 288 valence electrons. The lowest BCUT2D eigenvalue weighted by Crippen LogP contribution is -2.14. The second-order valence-electron chi connectivity index (χ2n) is 15.9. The van der Waals surface area contributed by atoms with Gasteiger partial charge in [-0.1, -0.05) is 66.7 Å². The summed E-state index contributed by atoms with van der Waals surface area (Å²) in [4.78, 5) is 3.88. The Morgan fingerprint density at radius 1 is 0.525 bits per heavy atom. The van der Waals surface area contributed by atoms with Crippen LogP contribution in [0.5, 0.6) is 0 Å². The Morgan fingerprint density at radius 2 is 1.00 bits per heavy atom. The van der Waals surface area contributed by atoms with Gasteiger partial charge in [-0.2, -0.15) is 18.4 Å². The first kappa shape index (κ1) is 37.5. The van der Waals surface area contributed by atoms with Gasteiger partial charge in [-0.05, 0) is 141 Å². The van der Waals surface area contributed by atoms with Crippen LogP contribution in [0.1, 0.15) is 50.1 Å². The van der Waals surface area contributed by atoms with Crippen LogP contribution in [0.2, 0.25) is 0 Å². The zero-order chi connectivity index (χ0) is 41.7. The van der Waals surface area contributed by atoms with E-state index >= 15 is 13.2 Å². The number of aryl methyl sites for hydroxylation is 4. The van der Waals surface area contributed by atoms with Gasteiger partial charge < -0.3 is 9.13 Å². The lowest BCUT2D eigenvalue weighted by Gasteiger charge is -2.24. The van der Waals surface area contributed by atoms with E-state index < -0.39 is 11.7 Å². The van der Waals surface area contributed by atoms with Crippen molar-refractivity contribution < 1.29 is 13.2 Å². The minimum atomic E-state index is -4.73. The van der Waals surface area contributed by atoms with Crippen molar-refractivity contribution in [2.45, 2.75) is 54.6 Å². The van der Waals surface area contributed by atoms with E-state index in [2.05, 4.69) is 114 Å². The molecular formula is C52H39F3N4. The Kier molecular flexibility index (Phi) is 8.58. The van der Waals surface area contributed by atoms with E-state index in [0.717, 1.165) is 82.8 Å². The lowest BCUT2D eigenvalue weighted by molar-refractivity contribution is -0.137. The van der Waals surface area contributed by atoms with Crippen molar-refractivity contribution in [1.82, 2.24) is 9.13 Å². The van der Waals surface area contributed by atoms with E-state index in [4.69, 9.17) is 6.57 Å². The third-order valence-corrected chi connectivity index (χ3v) is 12.0. The summed E-state index contributed by atoms with van der Waals surface area (Å²) in [5.74, 6) is 0. The van der Waals surface area contributed by atoms with Crippen molar-refractivity contribution >= 4 is 49.3 Å². The molecule has 2 heterocycles. The number of benzene rings is 7. The highest BCUT2D eigenvalue weighted by Gasteiger charge is 2.38. The van der Waals surface area contributed by atoms with Crippen LogP contribution in [0.25, 0.3) is 82.1 Å². The molecule has 0 aliphatic carbocycles. The van der Waals surface area contributed by atoms with Crippen LogP contribution < -0.4 is 0 Å². The number of nitrogens with zero attached hydrogens (tertiary/aromatic N) is 4. The molecule has 0 amide bonds. The zero-order valence-corrected chi connectivity index (χ0v) is 33.8. The lowest BCUT2D eigenvalue weighted by atomic mass is 9.84. The van der Waals surface area contributed by atoms with Crippen molar-refractivity contribution in [2.75, 3.05) is 0 Å². The van der Waals surface area contributed by atoms with E-state index in [1.54, 1.807) is 26.0 Å². The fourth-order valence-electron chi connectivity index (χ4n) is 9.14. The highest BCUT2D eigenvalue weighted by atomic mass is 19.4. The van der Waals surface area contributed by atoms with Gasteiger partial charge in [-0.25, -0.2) is 4.85 Å². The Hall–Kier alpha value is -7.09. The summed E-state index contributed by atoms with van der Waals surface area (Å²) in [6.45, 7) is 21.1. The minimum Gasteiger partial charge on any atom is -0.310 e. The maximum atomic E-state index is 15.3. The second kappa shape index (κ2) is 13.5. The molecule has 4 nitrogen and oxygen atoms in total. The molecule has 0 aliphatic rings. The van der Waals surface area contributed by atoms with Gasteiger partial charge in [0.15, 0.2) is 5.69 Å². The summed E-state index contributed by atoms with van der Waals surface area (Å²) in [5.41, 5.74) is 12.0. The minimum absolute atomic E-state index is 0.0420. The van der Waals surface area contributed by atoms with Gasteiger partial charge in [-0.3, -0.25) is 0 Å². The van der Waals surface area contributed by atoms with Crippen molar-refractivity contribution in [3.8, 4) is 39.7 Å². The van der Waals surface area contributed by atoms with E-state index in [0.29, 0.717) is 27.9 Å². The molecule has 0 bridgehead atoms. The maximum absolute atomic E-state index is 15.3. The Bertz CT molecular complexity index is 3240. The summed E-state index contributed by atoms with van der Waals surface area (Å²) >= 11 is 0. The maximum Gasteiger partial charge on any atom is 0.417 e. The average Bonchev–Trinajstić information content (AvgIpc) is 3.68. The van der Waals surface area contributed by atoms with Crippen LogP contribution >= 0.6 is 0 Å². The van der Waals surface area contributed by atoms with Gasteiger partial charge >= 0.3 is 6.18 Å². The summed E-state index contributed by atoms with van der Waals surface area (Å²) in [6, 6.07) is 38.8. The number of rotatable bonds is 4. The molecule has 0 unspecified atom stereocenters. The first-order valence-electron chi connectivity index (χ1n) is 19.5. The third kappa shape index (κ3) is 5.80. The molecule has 0 atom stereocenters. The molecule has 9 rings (SSSR count). The van der Waals surface area contributed by atoms with Crippen LogP contribution in [0.15, 0.2) is 109 Å². The van der Waals surface area contributed by atoms with Crippen LogP contribution in [0.4, 0.5) is 18.9 Å². The number of alkyl halides is 3. The summed E-state index contributed by atoms with van der Waals surface area (Å²) in [5, 5.41) is 14.3. The quantitative estimate of drug-likeness (QED) is 0.164. The molecule has 7 aromatic carbocycles. The molecule has 7 heteroatoms. The standard InChI is InChI=1S/C52H39F3N4/c1-28-9-15-37-38-16-10-29(2)22-46(38)58(45(37)21-28)44-20-13-35(50-33(6)32(5)43(27-56)34(7)51(50)52(53,54)55)25-42(44)41-19-14-36(57-8)26-49(41)59-47-23-30(3)11-17-39(47)40-18-12-31(4)24-48(40)59/h9-26H,1-7H3. The van der Waals surface area contributed by atoms with Crippen LogP contribution in [-0.4, -0.2) is 9.13 Å². The smallest absolute Gasteiger partial charge is 0.310 e. The summed E-state index contributed by atoms with van der Waals surface area (Å²) < 4.78 is 50.4. The third-order valence-electron chi connectivity index (χ3n) is 12.0. The summed E-state index contributed by atoms with van der Waals surface area (Å²) in [7, 11) is 0. The van der Waals surface area contributed by atoms with Gasteiger partial charge in [0.05, 0.1) is 51.5 Å². The first-order chi connectivity index (χ1) is 28.2. The van der Waals surface area contributed by atoms with Crippen LogP contribution in [-0.2, 0) is 6.18 Å². The zero-order valence-electron chi connectivity index (χ0n) is 33.8. The molecule has 9 aromatic rings. The second-order valence-corrected chi connectivity index (χ2v) is 15.9. The molecule has 0 fully saturated rings. The number of hydrogen-bond acceptors (Lipinski definition) is 1. The van der Waals surface area contributed by atoms with E-state index in [9.17, 15) is 5.26 Å². The monoisotopic (exact) mass is 776 g/mol. The van der Waals surface area contributed by atoms with E-state index in [1.807, 2.05) is 30.3 Å². The normalized spacial score (nSPS) is 11.9. The molecular weight excluding hydrogens is 738 g/mol. The largest absolute Gasteiger partial charge is 0.417 e. The van der Waals surface area contributed by atoms with Crippen LogP contribution in [0, 0.1) is 66.4 Å². The molecule has 59 heavy (non-hydrogen) atoms. The van der Waals surface area contributed by atoms with Gasteiger partial charge in [0, 0.05) is 38.4 Å². The molecule has 0 saturated heterocycles. The van der Waals surface area contributed by atoms with Gasteiger partial charge in [0.25, 0.3) is 0 Å². The topological polar surface area (TPSA) is 38.0 Å². The number of aromatic nitrogens is 2. The Labute approximate surface area is 340 Å². The first-order valence-corrected chi connectivity index (χ1v) is 19.5. The average molecular weight is 777 g/mol.